The van der Waals surface area contributed by atoms with Crippen molar-refractivity contribution < 1.29 is 19.1 Å². The molecule has 0 saturated carbocycles. The van der Waals surface area contributed by atoms with Crippen LogP contribution in [0.5, 0.6) is 0 Å². The van der Waals surface area contributed by atoms with Crippen LogP contribution in [0, 0.1) is 18.7 Å². The maximum absolute atomic E-state index is 13.6. The summed E-state index contributed by atoms with van der Waals surface area (Å²) in [6, 6.07) is 3.20. The number of hydrogen-bond donors (Lipinski definition) is 2. The highest BCUT2D eigenvalue weighted by atomic mass is 19.1. The number of carboxylic acid groups (broad SMARTS) is 1. The number of benzene rings is 1. The van der Waals surface area contributed by atoms with Crippen LogP contribution in [0.25, 0.3) is 0 Å². The van der Waals surface area contributed by atoms with Crippen molar-refractivity contribution in [2.45, 2.75) is 33.2 Å². The number of halogens is 1. The third kappa shape index (κ3) is 4.35. The Hall–Kier alpha value is -1.91. The molecule has 0 aliphatic rings. The SMILES string of the molecule is Cc1ccc(C(=O)N[C@H](CC(C)C)C(=O)O)c(F)c1. The molecule has 0 spiro atoms. The number of amides is 1. The van der Waals surface area contributed by atoms with Crippen LogP contribution in [0.4, 0.5) is 4.39 Å². The van der Waals surface area contributed by atoms with Gasteiger partial charge in [0.15, 0.2) is 0 Å². The van der Waals surface area contributed by atoms with Crippen LogP contribution in [0.3, 0.4) is 0 Å². The summed E-state index contributed by atoms with van der Waals surface area (Å²) in [4.78, 5) is 22.9. The number of carboxylic acids is 1. The van der Waals surface area contributed by atoms with E-state index in [9.17, 15) is 14.0 Å². The fraction of sp³-hybridized carbons (Fsp3) is 0.429. The fourth-order valence-corrected chi connectivity index (χ4v) is 1.73. The zero-order valence-electron chi connectivity index (χ0n) is 11.2. The van der Waals surface area contributed by atoms with E-state index in [0.29, 0.717) is 12.0 Å². The van der Waals surface area contributed by atoms with Gasteiger partial charge >= 0.3 is 5.97 Å². The van der Waals surface area contributed by atoms with Gasteiger partial charge in [0.2, 0.25) is 0 Å². The molecule has 5 heteroatoms. The van der Waals surface area contributed by atoms with Gasteiger partial charge in [0.25, 0.3) is 5.91 Å². The second-order valence-corrected chi connectivity index (χ2v) is 4.98. The normalized spacial score (nSPS) is 12.3. The van der Waals surface area contributed by atoms with Crippen molar-refractivity contribution in [3.8, 4) is 0 Å². The van der Waals surface area contributed by atoms with Crippen LogP contribution in [-0.4, -0.2) is 23.0 Å². The quantitative estimate of drug-likeness (QED) is 0.860. The van der Waals surface area contributed by atoms with Gasteiger partial charge < -0.3 is 10.4 Å². The van der Waals surface area contributed by atoms with E-state index in [4.69, 9.17) is 5.11 Å². The van der Waals surface area contributed by atoms with Crippen molar-refractivity contribution >= 4 is 11.9 Å². The summed E-state index contributed by atoms with van der Waals surface area (Å²) >= 11 is 0. The Morgan fingerprint density at radius 2 is 2.00 bits per heavy atom. The molecule has 0 aromatic heterocycles. The first-order chi connectivity index (χ1) is 8.81. The minimum atomic E-state index is -1.12. The summed E-state index contributed by atoms with van der Waals surface area (Å²) in [5.41, 5.74) is 0.562. The van der Waals surface area contributed by atoms with Crippen LogP contribution >= 0.6 is 0 Å². The molecule has 4 nitrogen and oxygen atoms in total. The number of aliphatic carboxylic acids is 1. The second kappa shape index (κ2) is 6.31. The summed E-state index contributed by atoms with van der Waals surface area (Å²) in [7, 11) is 0. The van der Waals surface area contributed by atoms with Gasteiger partial charge in [0.05, 0.1) is 5.56 Å². The lowest BCUT2D eigenvalue weighted by molar-refractivity contribution is -0.139. The minimum absolute atomic E-state index is 0.115. The van der Waals surface area contributed by atoms with Gasteiger partial charge in [-0.05, 0) is 37.0 Å². The Morgan fingerprint density at radius 3 is 2.47 bits per heavy atom. The van der Waals surface area contributed by atoms with Crippen LogP contribution < -0.4 is 5.32 Å². The van der Waals surface area contributed by atoms with Crippen molar-refractivity contribution in [3.63, 3.8) is 0 Å². The number of aryl methyl sites for hydroxylation is 1. The van der Waals surface area contributed by atoms with Gasteiger partial charge in [-0.3, -0.25) is 4.79 Å². The molecular weight excluding hydrogens is 249 g/mol. The predicted octanol–water partition coefficient (Wildman–Crippen LogP) is 2.36. The van der Waals surface area contributed by atoms with Crippen molar-refractivity contribution in [1.82, 2.24) is 5.32 Å². The molecule has 0 unspecified atom stereocenters. The monoisotopic (exact) mass is 267 g/mol. The van der Waals surface area contributed by atoms with Crippen LogP contribution in [0.1, 0.15) is 36.2 Å². The Labute approximate surface area is 111 Å². The Balaban J connectivity index is 2.84. The lowest BCUT2D eigenvalue weighted by Crippen LogP contribution is -2.41. The summed E-state index contributed by atoms with van der Waals surface area (Å²) < 4.78 is 13.6. The zero-order chi connectivity index (χ0) is 14.6. The number of carbonyl (C=O) groups excluding carboxylic acids is 1. The Kier molecular flexibility index (Phi) is 5.03. The van der Waals surface area contributed by atoms with E-state index in [-0.39, 0.29) is 11.5 Å². The molecule has 1 atom stereocenters. The molecule has 0 saturated heterocycles. The van der Waals surface area contributed by atoms with Gasteiger partial charge in [-0.2, -0.15) is 0 Å². The largest absolute Gasteiger partial charge is 0.480 e. The molecule has 0 fully saturated rings. The van der Waals surface area contributed by atoms with Crippen LogP contribution in [-0.2, 0) is 4.79 Å². The van der Waals surface area contributed by atoms with E-state index >= 15 is 0 Å². The standard InChI is InChI=1S/C14H18FNO3/c1-8(2)6-12(14(18)19)16-13(17)10-5-4-9(3)7-11(10)15/h4-5,7-8,12H,6H2,1-3H3,(H,16,17)(H,18,19)/t12-/m1/s1. The molecular formula is C14H18FNO3. The molecule has 0 aliphatic heterocycles. The summed E-state index contributed by atoms with van der Waals surface area (Å²) in [6.45, 7) is 5.42. The van der Waals surface area contributed by atoms with Gasteiger partial charge in [-0.1, -0.05) is 19.9 Å². The van der Waals surface area contributed by atoms with Crippen molar-refractivity contribution in [1.29, 1.82) is 0 Å². The summed E-state index contributed by atoms with van der Waals surface area (Å²) in [5.74, 6) is -2.35. The molecule has 2 N–H and O–H groups in total. The van der Waals surface area contributed by atoms with E-state index in [1.807, 2.05) is 13.8 Å². The van der Waals surface area contributed by atoms with Crippen molar-refractivity contribution in [3.05, 3.63) is 35.1 Å². The minimum Gasteiger partial charge on any atom is -0.480 e. The maximum Gasteiger partial charge on any atom is 0.326 e. The highest BCUT2D eigenvalue weighted by molar-refractivity contribution is 5.96. The Bertz CT molecular complexity index is 486. The van der Waals surface area contributed by atoms with Crippen molar-refractivity contribution in [2.24, 2.45) is 5.92 Å². The summed E-state index contributed by atoms with van der Waals surface area (Å²) in [6.07, 6.45) is 0.300. The molecule has 0 radical (unpaired) electrons. The Morgan fingerprint density at radius 1 is 1.37 bits per heavy atom. The number of nitrogens with one attached hydrogen (secondary N) is 1. The topological polar surface area (TPSA) is 66.4 Å². The van der Waals surface area contributed by atoms with Gasteiger partial charge in [0, 0.05) is 0 Å². The number of hydrogen-bond acceptors (Lipinski definition) is 2. The fourth-order valence-electron chi connectivity index (χ4n) is 1.73. The molecule has 0 heterocycles. The van der Waals surface area contributed by atoms with Crippen molar-refractivity contribution in [2.75, 3.05) is 0 Å². The molecule has 1 rings (SSSR count). The molecule has 0 bridgehead atoms. The van der Waals surface area contributed by atoms with Crippen LogP contribution in [0.2, 0.25) is 0 Å². The molecule has 1 aromatic carbocycles. The number of carbonyl (C=O) groups is 2. The van der Waals surface area contributed by atoms with E-state index in [2.05, 4.69) is 5.32 Å². The number of rotatable bonds is 5. The molecule has 19 heavy (non-hydrogen) atoms. The highest BCUT2D eigenvalue weighted by Crippen LogP contribution is 2.11. The van der Waals surface area contributed by atoms with Gasteiger partial charge in [-0.25, -0.2) is 9.18 Å². The first kappa shape index (κ1) is 15.1. The summed E-state index contributed by atoms with van der Waals surface area (Å²) in [5, 5.41) is 11.4. The van der Waals surface area contributed by atoms with E-state index in [1.165, 1.54) is 12.1 Å². The predicted molar refractivity (Wildman–Crippen MR) is 69.5 cm³/mol. The third-order valence-corrected chi connectivity index (χ3v) is 2.68. The second-order valence-electron chi connectivity index (χ2n) is 4.98. The highest BCUT2D eigenvalue weighted by Gasteiger charge is 2.23. The van der Waals surface area contributed by atoms with Gasteiger partial charge in [0.1, 0.15) is 11.9 Å². The lowest BCUT2D eigenvalue weighted by atomic mass is 10.0. The third-order valence-electron chi connectivity index (χ3n) is 2.68. The van der Waals surface area contributed by atoms with Crippen LogP contribution in [0.15, 0.2) is 18.2 Å². The molecule has 1 aromatic rings. The lowest BCUT2D eigenvalue weighted by Gasteiger charge is -2.16. The average molecular weight is 267 g/mol. The molecule has 0 aliphatic carbocycles. The van der Waals surface area contributed by atoms with E-state index in [0.717, 1.165) is 0 Å². The first-order valence-corrected chi connectivity index (χ1v) is 6.11. The van der Waals surface area contributed by atoms with E-state index in [1.54, 1.807) is 13.0 Å². The van der Waals surface area contributed by atoms with Gasteiger partial charge in [-0.15, -0.1) is 0 Å². The molecule has 1 amide bonds. The zero-order valence-corrected chi connectivity index (χ0v) is 11.2. The average Bonchev–Trinajstić information content (AvgIpc) is 2.26. The smallest absolute Gasteiger partial charge is 0.326 e. The first-order valence-electron chi connectivity index (χ1n) is 6.11. The van der Waals surface area contributed by atoms with E-state index < -0.39 is 23.7 Å². The molecule has 104 valence electrons. The maximum atomic E-state index is 13.6.